The molecular formula is C46H49N. The van der Waals surface area contributed by atoms with Crippen LogP contribution in [0.25, 0.3) is 22.3 Å². The first kappa shape index (κ1) is 30.2. The maximum absolute atomic E-state index is 2.49. The molecule has 3 aliphatic rings. The third kappa shape index (κ3) is 6.68. The summed E-state index contributed by atoms with van der Waals surface area (Å²) in [5, 5.41) is 0. The highest BCUT2D eigenvalue weighted by Crippen LogP contribution is 2.49. The molecule has 0 amide bonds. The molecule has 0 spiro atoms. The molecule has 0 aliphatic heterocycles. The van der Waals surface area contributed by atoms with Gasteiger partial charge in [-0.05, 0) is 150 Å². The van der Waals surface area contributed by atoms with Crippen LogP contribution in [-0.2, 0) is 0 Å². The summed E-state index contributed by atoms with van der Waals surface area (Å²) in [4.78, 5) is 2.49. The van der Waals surface area contributed by atoms with Crippen molar-refractivity contribution in [2.75, 3.05) is 4.90 Å². The first-order valence-electron chi connectivity index (χ1n) is 18.4. The lowest BCUT2D eigenvalue weighted by molar-refractivity contribution is 0.130. The fraction of sp³-hybridized carbons (Fsp3) is 0.348. The van der Waals surface area contributed by atoms with Crippen molar-refractivity contribution in [2.24, 2.45) is 17.8 Å². The van der Waals surface area contributed by atoms with Gasteiger partial charge in [-0.2, -0.15) is 0 Å². The summed E-state index contributed by atoms with van der Waals surface area (Å²) in [7, 11) is 0. The van der Waals surface area contributed by atoms with E-state index < -0.39 is 0 Å². The maximum Gasteiger partial charge on any atom is 0.0473 e. The molecular weight excluding hydrogens is 567 g/mol. The molecule has 3 saturated carbocycles. The summed E-state index contributed by atoms with van der Waals surface area (Å²) in [5.41, 5.74) is 11.7. The molecule has 3 fully saturated rings. The van der Waals surface area contributed by atoms with Crippen molar-refractivity contribution in [3.8, 4) is 22.3 Å². The minimum absolute atomic E-state index is 0.703. The van der Waals surface area contributed by atoms with E-state index in [0.29, 0.717) is 11.8 Å². The van der Waals surface area contributed by atoms with Gasteiger partial charge >= 0.3 is 0 Å². The number of hydrogen-bond acceptors (Lipinski definition) is 1. The van der Waals surface area contributed by atoms with Gasteiger partial charge in [0.1, 0.15) is 0 Å². The third-order valence-electron chi connectivity index (χ3n) is 11.6. The van der Waals surface area contributed by atoms with E-state index >= 15 is 0 Å². The zero-order valence-corrected chi connectivity index (χ0v) is 28.0. The second-order valence-corrected chi connectivity index (χ2v) is 15.1. The van der Waals surface area contributed by atoms with E-state index in [4.69, 9.17) is 0 Å². The Hall–Kier alpha value is -4.10. The van der Waals surface area contributed by atoms with Gasteiger partial charge in [-0.3, -0.25) is 0 Å². The Labute approximate surface area is 282 Å². The molecule has 1 heteroatoms. The fourth-order valence-electron chi connectivity index (χ4n) is 9.47. The zero-order chi connectivity index (χ0) is 31.6. The lowest BCUT2D eigenvalue weighted by Gasteiger charge is -2.42. The summed E-state index contributed by atoms with van der Waals surface area (Å²) in [6.07, 6.45) is 13.8. The van der Waals surface area contributed by atoms with Crippen LogP contribution in [0, 0.1) is 17.8 Å². The van der Waals surface area contributed by atoms with Gasteiger partial charge in [0.2, 0.25) is 0 Å². The minimum atomic E-state index is 0.703. The lowest BCUT2D eigenvalue weighted by Crippen LogP contribution is -2.29. The second kappa shape index (κ2) is 13.6. The number of benzene rings is 5. The molecule has 0 aromatic heterocycles. The van der Waals surface area contributed by atoms with E-state index in [2.05, 4.69) is 139 Å². The Kier molecular flexibility index (Phi) is 8.73. The number of hydrogen-bond donors (Lipinski definition) is 0. The van der Waals surface area contributed by atoms with Crippen LogP contribution in [0.4, 0.5) is 17.1 Å². The zero-order valence-electron chi connectivity index (χ0n) is 28.0. The highest BCUT2D eigenvalue weighted by atomic mass is 15.1. The molecule has 47 heavy (non-hydrogen) atoms. The first-order chi connectivity index (χ1) is 23.2. The summed E-state index contributed by atoms with van der Waals surface area (Å²) < 4.78 is 0. The SMILES string of the molecule is CC1CC2CC(C1)CC(c1ccc(N(c3ccc(C4CCCCC4)cc3)c3cc(-c4ccccc4)cc(-c4ccccc4)c3)cc1)C2. The van der Waals surface area contributed by atoms with Crippen molar-refractivity contribution < 1.29 is 0 Å². The summed E-state index contributed by atoms with van der Waals surface area (Å²) in [6, 6.07) is 48.1. The van der Waals surface area contributed by atoms with Gasteiger partial charge in [-0.15, -0.1) is 0 Å². The molecule has 238 valence electrons. The molecule has 2 unspecified atom stereocenters. The standard InChI is InChI=1S/C46H49N/c1-33-25-34-27-35(26-33)29-41(28-34)40-19-23-45(24-20-40)47(44-21-17-39(18-22-44)36-11-5-2-6-12-36)46-31-42(37-13-7-3-8-14-37)30-43(32-46)38-15-9-4-10-16-38/h3-4,7-10,13-24,30-36,41H,2,5-6,11-12,25-29H2,1H3. The van der Waals surface area contributed by atoms with E-state index in [1.807, 2.05) is 0 Å². The Balaban J connectivity index is 1.20. The van der Waals surface area contributed by atoms with Gasteiger partial charge < -0.3 is 4.90 Å². The summed E-state index contributed by atoms with van der Waals surface area (Å²) in [5.74, 6) is 4.15. The summed E-state index contributed by atoms with van der Waals surface area (Å²) >= 11 is 0. The molecule has 5 aromatic rings. The van der Waals surface area contributed by atoms with Crippen LogP contribution in [0.1, 0.15) is 94.1 Å². The van der Waals surface area contributed by atoms with Crippen LogP contribution in [0.5, 0.6) is 0 Å². The lowest BCUT2D eigenvalue weighted by atomic mass is 9.64. The topological polar surface area (TPSA) is 3.24 Å². The molecule has 0 saturated heterocycles. The van der Waals surface area contributed by atoms with Crippen LogP contribution in [-0.4, -0.2) is 0 Å². The van der Waals surface area contributed by atoms with Crippen molar-refractivity contribution in [1.82, 2.24) is 0 Å². The van der Waals surface area contributed by atoms with Gasteiger partial charge in [-0.1, -0.05) is 111 Å². The fourth-order valence-corrected chi connectivity index (χ4v) is 9.47. The number of anilines is 3. The summed E-state index contributed by atoms with van der Waals surface area (Å²) in [6.45, 7) is 2.47. The maximum atomic E-state index is 2.49. The van der Waals surface area contributed by atoms with Gasteiger partial charge in [0.05, 0.1) is 0 Å². The Morgan fingerprint density at radius 1 is 0.426 bits per heavy atom. The van der Waals surface area contributed by atoms with Crippen LogP contribution < -0.4 is 4.90 Å². The van der Waals surface area contributed by atoms with E-state index in [9.17, 15) is 0 Å². The predicted molar refractivity (Wildman–Crippen MR) is 200 cm³/mol. The van der Waals surface area contributed by atoms with Crippen LogP contribution in [0.3, 0.4) is 0 Å². The van der Waals surface area contributed by atoms with E-state index in [1.165, 1.54) is 115 Å². The number of nitrogens with zero attached hydrogens (tertiary/aromatic N) is 1. The highest BCUT2D eigenvalue weighted by Gasteiger charge is 2.35. The highest BCUT2D eigenvalue weighted by molar-refractivity contribution is 5.85. The Bertz CT molecular complexity index is 1670. The van der Waals surface area contributed by atoms with Gasteiger partial charge in [0, 0.05) is 17.1 Å². The molecule has 0 heterocycles. The van der Waals surface area contributed by atoms with E-state index in [-0.39, 0.29) is 0 Å². The molecule has 3 aliphatic carbocycles. The van der Waals surface area contributed by atoms with Crippen molar-refractivity contribution in [2.45, 2.75) is 83.0 Å². The van der Waals surface area contributed by atoms with Gasteiger partial charge in [0.25, 0.3) is 0 Å². The molecule has 2 bridgehead atoms. The van der Waals surface area contributed by atoms with Crippen LogP contribution in [0.2, 0.25) is 0 Å². The van der Waals surface area contributed by atoms with Crippen molar-refractivity contribution >= 4 is 17.1 Å². The smallest absolute Gasteiger partial charge is 0.0473 e. The molecule has 0 N–H and O–H groups in total. The monoisotopic (exact) mass is 615 g/mol. The molecule has 5 aromatic carbocycles. The molecule has 8 rings (SSSR count). The second-order valence-electron chi connectivity index (χ2n) is 15.1. The third-order valence-corrected chi connectivity index (χ3v) is 11.6. The van der Waals surface area contributed by atoms with Crippen molar-refractivity contribution in [1.29, 1.82) is 0 Å². The average Bonchev–Trinajstić information content (AvgIpc) is 3.13. The van der Waals surface area contributed by atoms with E-state index in [0.717, 1.165) is 17.8 Å². The average molecular weight is 616 g/mol. The Morgan fingerprint density at radius 3 is 1.43 bits per heavy atom. The Morgan fingerprint density at radius 2 is 0.915 bits per heavy atom. The van der Waals surface area contributed by atoms with Gasteiger partial charge in [-0.25, -0.2) is 0 Å². The van der Waals surface area contributed by atoms with Gasteiger partial charge in [0.15, 0.2) is 0 Å². The minimum Gasteiger partial charge on any atom is -0.310 e. The van der Waals surface area contributed by atoms with E-state index in [1.54, 1.807) is 0 Å². The predicted octanol–water partition coefficient (Wildman–Crippen LogP) is 13.5. The quantitative estimate of drug-likeness (QED) is 0.176. The first-order valence-corrected chi connectivity index (χ1v) is 18.4. The van der Waals surface area contributed by atoms with Crippen molar-refractivity contribution in [3.63, 3.8) is 0 Å². The van der Waals surface area contributed by atoms with Crippen molar-refractivity contribution in [3.05, 3.63) is 139 Å². The van der Waals surface area contributed by atoms with Crippen LogP contribution in [0.15, 0.2) is 127 Å². The molecule has 0 radical (unpaired) electrons. The number of rotatable bonds is 7. The number of fused-ring (bicyclic) bond motifs is 2. The molecule has 2 atom stereocenters. The van der Waals surface area contributed by atoms with Crippen LogP contribution >= 0.6 is 0 Å². The largest absolute Gasteiger partial charge is 0.310 e. The molecule has 1 nitrogen and oxygen atoms in total. The normalized spacial score (nSPS) is 22.9.